The highest BCUT2D eigenvalue weighted by Gasteiger charge is 2.39. The Hall–Kier alpha value is -2.09. The van der Waals surface area contributed by atoms with Crippen LogP contribution < -0.4 is 5.32 Å². The summed E-state index contributed by atoms with van der Waals surface area (Å²) in [5, 5.41) is 2.74. The van der Waals surface area contributed by atoms with E-state index >= 15 is 0 Å². The van der Waals surface area contributed by atoms with Crippen LogP contribution in [0.1, 0.15) is 37.5 Å². The summed E-state index contributed by atoms with van der Waals surface area (Å²) >= 11 is 0. The largest absolute Gasteiger partial charge is 0.453 e. The molecule has 0 aromatic carbocycles. The Morgan fingerprint density at radius 1 is 1.42 bits per heavy atom. The lowest BCUT2D eigenvalue weighted by molar-refractivity contribution is -0.136. The molecule has 8 heteroatoms. The number of aromatic amines is 1. The zero-order valence-corrected chi connectivity index (χ0v) is 13.9. The lowest BCUT2D eigenvalue weighted by Gasteiger charge is -2.34. The van der Waals surface area contributed by atoms with Gasteiger partial charge >= 0.3 is 6.09 Å². The third-order valence-electron chi connectivity index (χ3n) is 4.83. The molecule has 2 atom stereocenters. The maximum absolute atomic E-state index is 13.2. The molecule has 1 aromatic rings. The molecule has 0 unspecified atom stereocenters. The number of ether oxygens (including phenoxy) is 2. The van der Waals surface area contributed by atoms with Gasteiger partial charge in [0, 0.05) is 32.2 Å². The Labute approximate surface area is 140 Å². The van der Waals surface area contributed by atoms with E-state index in [2.05, 4.69) is 15.3 Å². The van der Waals surface area contributed by atoms with E-state index in [9.17, 15) is 9.59 Å². The maximum atomic E-state index is 13.2. The van der Waals surface area contributed by atoms with Crippen molar-refractivity contribution in [2.75, 3.05) is 26.9 Å². The van der Waals surface area contributed by atoms with Crippen molar-refractivity contribution in [3.05, 3.63) is 18.2 Å². The summed E-state index contributed by atoms with van der Waals surface area (Å²) < 4.78 is 10.1. The Morgan fingerprint density at radius 2 is 2.21 bits per heavy atom. The average molecular weight is 336 g/mol. The van der Waals surface area contributed by atoms with Crippen LogP contribution in [-0.4, -0.2) is 59.8 Å². The summed E-state index contributed by atoms with van der Waals surface area (Å²) in [6, 6.07) is -0.647. The van der Waals surface area contributed by atoms with Gasteiger partial charge in [-0.15, -0.1) is 0 Å². The van der Waals surface area contributed by atoms with Crippen molar-refractivity contribution in [2.24, 2.45) is 5.92 Å². The second kappa shape index (κ2) is 7.65. The first-order valence-electron chi connectivity index (χ1n) is 8.42. The van der Waals surface area contributed by atoms with Crippen molar-refractivity contribution < 1.29 is 19.1 Å². The summed E-state index contributed by atoms with van der Waals surface area (Å²) in [6.07, 6.45) is 6.18. The minimum atomic E-state index is -0.586. The summed E-state index contributed by atoms with van der Waals surface area (Å²) in [7, 11) is 1.31. The van der Waals surface area contributed by atoms with Crippen LogP contribution in [0.5, 0.6) is 0 Å². The topological polar surface area (TPSA) is 96.5 Å². The van der Waals surface area contributed by atoms with E-state index in [0.717, 1.165) is 31.5 Å². The fourth-order valence-electron chi connectivity index (χ4n) is 3.57. The Balaban J connectivity index is 1.77. The fraction of sp³-hybridized carbons (Fsp3) is 0.688. The number of methoxy groups -OCH3 is 1. The van der Waals surface area contributed by atoms with Crippen LogP contribution in [0.3, 0.4) is 0 Å². The monoisotopic (exact) mass is 336 g/mol. The van der Waals surface area contributed by atoms with Gasteiger partial charge in [-0.1, -0.05) is 0 Å². The van der Waals surface area contributed by atoms with E-state index in [1.54, 1.807) is 12.4 Å². The van der Waals surface area contributed by atoms with Crippen LogP contribution in [0.25, 0.3) is 0 Å². The van der Waals surface area contributed by atoms with Gasteiger partial charge in [0.25, 0.3) is 0 Å². The first kappa shape index (κ1) is 16.8. The second-order valence-electron chi connectivity index (χ2n) is 6.23. The standard InChI is InChI=1S/C16H24N4O4/c1-23-16(22)19-13(11-4-9-24-10-5-11)15(21)20-8-2-3-12(20)14-17-6-7-18-14/h6-7,11-13H,2-5,8-10H2,1H3,(H,17,18)(H,19,22)/t12-,13-/m0/s1. The molecule has 24 heavy (non-hydrogen) atoms. The van der Waals surface area contributed by atoms with Crippen LogP contribution in [0.2, 0.25) is 0 Å². The van der Waals surface area contributed by atoms with Crippen molar-refractivity contribution in [3.63, 3.8) is 0 Å². The molecule has 1 aromatic heterocycles. The number of nitrogens with zero attached hydrogens (tertiary/aromatic N) is 2. The molecule has 0 aliphatic carbocycles. The molecule has 3 rings (SSSR count). The first-order valence-corrected chi connectivity index (χ1v) is 8.42. The van der Waals surface area contributed by atoms with E-state index in [4.69, 9.17) is 9.47 Å². The van der Waals surface area contributed by atoms with Gasteiger partial charge < -0.3 is 24.7 Å². The van der Waals surface area contributed by atoms with Gasteiger partial charge in [0.05, 0.1) is 13.2 Å². The number of carbonyl (C=O) groups is 2. The Bertz CT molecular complexity index is 556. The first-order chi connectivity index (χ1) is 11.7. The van der Waals surface area contributed by atoms with E-state index in [1.165, 1.54) is 7.11 Å². The van der Waals surface area contributed by atoms with Gasteiger partial charge in [0.1, 0.15) is 11.9 Å². The third-order valence-corrected chi connectivity index (χ3v) is 4.83. The fourth-order valence-corrected chi connectivity index (χ4v) is 3.57. The van der Waals surface area contributed by atoms with Crippen molar-refractivity contribution in [1.82, 2.24) is 20.2 Å². The third kappa shape index (κ3) is 3.53. The zero-order valence-electron chi connectivity index (χ0n) is 13.9. The number of rotatable bonds is 4. The van der Waals surface area contributed by atoms with Gasteiger partial charge in [0.2, 0.25) is 5.91 Å². The SMILES string of the molecule is COC(=O)N[C@H](C(=O)N1CCC[C@H]1c1ncc[nH]1)C1CCOCC1. The number of aromatic nitrogens is 2. The molecule has 0 saturated carbocycles. The van der Waals surface area contributed by atoms with Crippen molar-refractivity contribution in [1.29, 1.82) is 0 Å². The van der Waals surface area contributed by atoms with Gasteiger partial charge in [-0.2, -0.15) is 0 Å². The molecule has 8 nitrogen and oxygen atoms in total. The summed E-state index contributed by atoms with van der Waals surface area (Å²) in [6.45, 7) is 1.89. The van der Waals surface area contributed by atoms with Gasteiger partial charge in [-0.25, -0.2) is 9.78 Å². The molecule has 2 saturated heterocycles. The van der Waals surface area contributed by atoms with E-state index in [1.807, 2.05) is 4.90 Å². The highest BCUT2D eigenvalue weighted by Crippen LogP contribution is 2.32. The molecule has 2 N–H and O–H groups in total. The molecule has 0 spiro atoms. The Kier molecular flexibility index (Phi) is 5.34. The molecule has 3 heterocycles. The number of amides is 2. The lowest BCUT2D eigenvalue weighted by atomic mass is 9.90. The zero-order chi connectivity index (χ0) is 16.9. The van der Waals surface area contributed by atoms with E-state index in [0.29, 0.717) is 19.8 Å². The van der Waals surface area contributed by atoms with Gasteiger partial charge in [0.15, 0.2) is 0 Å². The number of imidazole rings is 1. The summed E-state index contributed by atoms with van der Waals surface area (Å²) in [5.74, 6) is 0.791. The predicted molar refractivity (Wildman–Crippen MR) is 85.1 cm³/mol. The molecule has 0 radical (unpaired) electrons. The molecular weight excluding hydrogens is 312 g/mol. The Morgan fingerprint density at radius 3 is 2.88 bits per heavy atom. The quantitative estimate of drug-likeness (QED) is 0.862. The molecule has 132 valence electrons. The minimum absolute atomic E-state index is 0.0585. The van der Waals surface area contributed by atoms with Gasteiger partial charge in [-0.3, -0.25) is 4.79 Å². The lowest BCUT2D eigenvalue weighted by Crippen LogP contribution is -2.53. The smallest absolute Gasteiger partial charge is 0.407 e. The molecular formula is C16H24N4O4. The van der Waals surface area contributed by atoms with Crippen LogP contribution in [0.4, 0.5) is 4.79 Å². The number of nitrogens with one attached hydrogen (secondary N) is 2. The number of hydrogen-bond acceptors (Lipinski definition) is 5. The predicted octanol–water partition coefficient (Wildman–Crippen LogP) is 1.22. The van der Waals surface area contributed by atoms with Crippen LogP contribution in [0, 0.1) is 5.92 Å². The average Bonchev–Trinajstić information content (AvgIpc) is 3.30. The number of hydrogen-bond donors (Lipinski definition) is 2. The van der Waals surface area contributed by atoms with Crippen LogP contribution >= 0.6 is 0 Å². The molecule has 2 amide bonds. The highest BCUT2D eigenvalue weighted by atomic mass is 16.5. The summed E-state index contributed by atoms with van der Waals surface area (Å²) in [5.41, 5.74) is 0. The van der Waals surface area contributed by atoms with Gasteiger partial charge in [-0.05, 0) is 31.6 Å². The highest BCUT2D eigenvalue weighted by molar-refractivity contribution is 5.86. The number of likely N-dealkylation sites (tertiary alicyclic amines) is 1. The number of alkyl carbamates (subject to hydrolysis) is 1. The molecule has 0 bridgehead atoms. The minimum Gasteiger partial charge on any atom is -0.453 e. The molecule has 2 aliphatic rings. The second-order valence-corrected chi connectivity index (χ2v) is 6.23. The van der Waals surface area contributed by atoms with Crippen molar-refractivity contribution in [3.8, 4) is 0 Å². The number of H-pyrrole nitrogens is 1. The van der Waals surface area contributed by atoms with Crippen molar-refractivity contribution in [2.45, 2.75) is 37.8 Å². The maximum Gasteiger partial charge on any atom is 0.407 e. The molecule has 2 aliphatic heterocycles. The molecule has 2 fully saturated rings. The van der Waals surface area contributed by atoms with Crippen LogP contribution in [0.15, 0.2) is 12.4 Å². The van der Waals surface area contributed by atoms with Crippen LogP contribution in [-0.2, 0) is 14.3 Å². The van der Waals surface area contributed by atoms with Crippen molar-refractivity contribution >= 4 is 12.0 Å². The normalized spacial score (nSPS) is 23.0. The van der Waals surface area contributed by atoms with E-state index in [-0.39, 0.29) is 17.9 Å². The number of carbonyl (C=O) groups excluding carboxylic acids is 2. The summed E-state index contributed by atoms with van der Waals surface area (Å²) in [4.78, 5) is 34.1. The van der Waals surface area contributed by atoms with E-state index < -0.39 is 12.1 Å².